The van der Waals surface area contributed by atoms with Crippen molar-refractivity contribution in [2.45, 2.75) is 17.9 Å². The van der Waals surface area contributed by atoms with Gasteiger partial charge in [0.25, 0.3) is 5.91 Å². The lowest BCUT2D eigenvalue weighted by Crippen LogP contribution is -2.39. The summed E-state index contributed by atoms with van der Waals surface area (Å²) in [7, 11) is -2.59. The van der Waals surface area contributed by atoms with Crippen molar-refractivity contribution < 1.29 is 22.7 Å². The predicted molar refractivity (Wildman–Crippen MR) is 103 cm³/mol. The normalized spacial score (nSPS) is 14.6. The topological polar surface area (TPSA) is 105 Å². The number of hydrogen-bond donors (Lipinski definition) is 2. The van der Waals surface area contributed by atoms with Crippen molar-refractivity contribution in [2.75, 3.05) is 25.5 Å². The lowest BCUT2D eigenvalue weighted by atomic mass is 10.1. The Hall–Kier alpha value is -2.91. The quantitative estimate of drug-likeness (QED) is 0.761. The Labute approximate surface area is 163 Å². The number of anilines is 1. The largest absolute Gasteiger partial charge is 0.482 e. The van der Waals surface area contributed by atoms with Crippen LogP contribution in [0.2, 0.25) is 0 Å². The van der Waals surface area contributed by atoms with Crippen LogP contribution in [0.5, 0.6) is 5.75 Å². The lowest BCUT2D eigenvalue weighted by molar-refractivity contribution is -0.121. The highest BCUT2D eigenvalue weighted by atomic mass is 32.2. The minimum atomic E-state index is -3.92. The molecule has 0 aromatic heterocycles. The van der Waals surface area contributed by atoms with E-state index >= 15 is 0 Å². The molecule has 0 unspecified atom stereocenters. The van der Waals surface area contributed by atoms with E-state index in [-0.39, 0.29) is 35.7 Å². The van der Waals surface area contributed by atoms with Crippen LogP contribution in [-0.4, -0.2) is 44.7 Å². The van der Waals surface area contributed by atoms with Crippen LogP contribution < -0.4 is 15.4 Å². The van der Waals surface area contributed by atoms with Gasteiger partial charge in [-0.05, 0) is 30.7 Å². The first-order chi connectivity index (χ1) is 13.3. The molecule has 0 spiro atoms. The molecular formula is C19H21N3O5S. The summed E-state index contributed by atoms with van der Waals surface area (Å²) in [6.07, 6.45) is 0. The minimum Gasteiger partial charge on any atom is -0.482 e. The Morgan fingerprint density at radius 3 is 2.68 bits per heavy atom. The van der Waals surface area contributed by atoms with E-state index in [1.54, 1.807) is 0 Å². The molecule has 3 rings (SSSR count). The Morgan fingerprint density at radius 2 is 1.96 bits per heavy atom. The number of nitrogens with one attached hydrogen (secondary N) is 2. The van der Waals surface area contributed by atoms with Gasteiger partial charge in [-0.1, -0.05) is 30.3 Å². The fourth-order valence-electron chi connectivity index (χ4n) is 2.80. The number of nitrogens with zero attached hydrogens (tertiary/aromatic N) is 1. The van der Waals surface area contributed by atoms with Crippen molar-refractivity contribution in [1.29, 1.82) is 0 Å². The molecule has 1 atom stereocenters. The molecule has 0 fully saturated rings. The van der Waals surface area contributed by atoms with Gasteiger partial charge in [0.2, 0.25) is 15.9 Å². The van der Waals surface area contributed by atoms with Crippen LogP contribution in [0.1, 0.15) is 18.5 Å². The number of fused-ring (bicyclic) bond motifs is 1. The first kappa shape index (κ1) is 19.8. The Kier molecular flexibility index (Phi) is 5.66. The maximum Gasteiger partial charge on any atom is 0.262 e. The zero-order valence-electron chi connectivity index (χ0n) is 15.5. The minimum absolute atomic E-state index is 0.0385. The number of amides is 2. The van der Waals surface area contributed by atoms with Gasteiger partial charge in [0.1, 0.15) is 5.75 Å². The summed E-state index contributed by atoms with van der Waals surface area (Å²) >= 11 is 0. The van der Waals surface area contributed by atoms with Gasteiger partial charge in [-0.3, -0.25) is 9.59 Å². The van der Waals surface area contributed by atoms with Crippen molar-refractivity contribution >= 4 is 27.5 Å². The molecule has 1 aliphatic heterocycles. The number of carbonyl (C=O) groups is 2. The second-order valence-electron chi connectivity index (χ2n) is 6.46. The molecule has 1 heterocycles. The number of likely N-dealkylation sites (N-methyl/N-ethyl adjacent to an activating group) is 1. The van der Waals surface area contributed by atoms with E-state index in [1.807, 2.05) is 37.3 Å². The van der Waals surface area contributed by atoms with Crippen LogP contribution in [0.4, 0.5) is 5.69 Å². The van der Waals surface area contributed by atoms with Crippen LogP contribution in [0, 0.1) is 0 Å². The molecule has 1 aliphatic rings. The van der Waals surface area contributed by atoms with Crippen molar-refractivity contribution in [3.63, 3.8) is 0 Å². The highest BCUT2D eigenvalue weighted by Gasteiger charge is 2.26. The third kappa shape index (κ3) is 4.32. The third-order valence-electron chi connectivity index (χ3n) is 4.34. The van der Waals surface area contributed by atoms with E-state index in [1.165, 1.54) is 25.2 Å². The number of carbonyl (C=O) groups excluding carboxylic acids is 2. The van der Waals surface area contributed by atoms with E-state index in [0.29, 0.717) is 5.75 Å². The summed E-state index contributed by atoms with van der Waals surface area (Å²) in [4.78, 5) is 23.7. The van der Waals surface area contributed by atoms with Crippen molar-refractivity contribution in [3.05, 3.63) is 54.1 Å². The van der Waals surface area contributed by atoms with Gasteiger partial charge < -0.3 is 15.4 Å². The molecule has 2 aromatic carbocycles. The van der Waals surface area contributed by atoms with Gasteiger partial charge in [-0.25, -0.2) is 8.42 Å². The molecule has 8 nitrogen and oxygen atoms in total. The van der Waals surface area contributed by atoms with Crippen LogP contribution in [0.15, 0.2) is 53.4 Å². The summed E-state index contributed by atoms with van der Waals surface area (Å²) in [5.74, 6) is -0.377. The summed E-state index contributed by atoms with van der Waals surface area (Å²) in [6.45, 7) is 1.38. The number of hydrogen-bond acceptors (Lipinski definition) is 5. The van der Waals surface area contributed by atoms with Gasteiger partial charge in [0.05, 0.1) is 23.2 Å². The average molecular weight is 403 g/mol. The Morgan fingerprint density at radius 1 is 1.25 bits per heavy atom. The molecule has 0 saturated heterocycles. The fraction of sp³-hybridized carbons (Fsp3) is 0.263. The van der Waals surface area contributed by atoms with Crippen LogP contribution in [0.25, 0.3) is 0 Å². The third-order valence-corrected chi connectivity index (χ3v) is 6.13. The molecule has 28 heavy (non-hydrogen) atoms. The average Bonchev–Trinajstić information content (AvgIpc) is 2.67. The van der Waals surface area contributed by atoms with E-state index < -0.39 is 15.9 Å². The molecule has 0 saturated carbocycles. The highest BCUT2D eigenvalue weighted by molar-refractivity contribution is 7.89. The second kappa shape index (κ2) is 7.99. The molecule has 2 N–H and O–H groups in total. The van der Waals surface area contributed by atoms with Gasteiger partial charge in [-0.2, -0.15) is 4.31 Å². The zero-order valence-corrected chi connectivity index (χ0v) is 16.3. The van der Waals surface area contributed by atoms with Crippen molar-refractivity contribution in [1.82, 2.24) is 9.62 Å². The van der Waals surface area contributed by atoms with Crippen LogP contribution in [0.3, 0.4) is 0 Å². The number of rotatable bonds is 6. The molecule has 2 aromatic rings. The van der Waals surface area contributed by atoms with Gasteiger partial charge >= 0.3 is 0 Å². The lowest BCUT2D eigenvalue weighted by Gasteiger charge is -2.21. The van der Waals surface area contributed by atoms with Gasteiger partial charge in [-0.15, -0.1) is 0 Å². The molecule has 9 heteroatoms. The standard InChI is InChI=1S/C19H21N3O5S/c1-13(14-6-4-3-5-7-14)20-18(23)11-22(2)28(25,26)15-8-9-17-16(10-15)21-19(24)12-27-17/h3-10,13H,11-12H2,1-2H3,(H,20,23)(H,21,24)/t13-/m1/s1. The highest BCUT2D eigenvalue weighted by Crippen LogP contribution is 2.30. The zero-order chi connectivity index (χ0) is 20.3. The molecule has 0 bridgehead atoms. The van der Waals surface area contributed by atoms with E-state index in [0.717, 1.165) is 9.87 Å². The van der Waals surface area contributed by atoms with Crippen molar-refractivity contribution in [2.24, 2.45) is 0 Å². The number of sulfonamides is 1. The molecular weight excluding hydrogens is 382 g/mol. The maximum absolute atomic E-state index is 12.8. The monoisotopic (exact) mass is 403 g/mol. The van der Waals surface area contributed by atoms with Gasteiger partial charge in [0, 0.05) is 7.05 Å². The summed E-state index contributed by atoms with van der Waals surface area (Å²) in [5.41, 5.74) is 1.21. The first-order valence-electron chi connectivity index (χ1n) is 8.65. The van der Waals surface area contributed by atoms with Gasteiger partial charge in [0.15, 0.2) is 6.61 Å². The Bertz CT molecular complexity index is 992. The fourth-order valence-corrected chi connectivity index (χ4v) is 3.96. The molecule has 0 aliphatic carbocycles. The molecule has 148 valence electrons. The predicted octanol–water partition coefficient (Wildman–Crippen LogP) is 1.52. The number of ether oxygens (including phenoxy) is 1. The summed E-state index contributed by atoms with van der Waals surface area (Å²) in [6, 6.07) is 13.3. The summed E-state index contributed by atoms with van der Waals surface area (Å²) < 4.78 is 31.8. The van der Waals surface area contributed by atoms with Crippen LogP contribution >= 0.6 is 0 Å². The second-order valence-corrected chi connectivity index (χ2v) is 8.50. The SMILES string of the molecule is C[C@@H](NC(=O)CN(C)S(=O)(=O)c1ccc2c(c1)NC(=O)CO2)c1ccccc1. The molecule has 2 amide bonds. The van der Waals surface area contributed by atoms with E-state index in [9.17, 15) is 18.0 Å². The summed E-state index contributed by atoms with van der Waals surface area (Å²) in [5, 5.41) is 5.35. The Balaban J connectivity index is 1.69. The van der Waals surface area contributed by atoms with E-state index in [2.05, 4.69) is 10.6 Å². The molecule has 0 radical (unpaired) electrons. The number of benzene rings is 2. The van der Waals surface area contributed by atoms with Crippen LogP contribution in [-0.2, 0) is 19.6 Å². The smallest absolute Gasteiger partial charge is 0.262 e. The van der Waals surface area contributed by atoms with E-state index in [4.69, 9.17) is 4.74 Å². The first-order valence-corrected chi connectivity index (χ1v) is 10.1. The van der Waals surface area contributed by atoms with Crippen molar-refractivity contribution in [3.8, 4) is 5.75 Å². The maximum atomic E-state index is 12.8.